The second-order valence-electron chi connectivity index (χ2n) is 10.5. The Kier molecular flexibility index (Phi) is 3.63. The first-order valence-corrected chi connectivity index (χ1v) is 9.88. The van der Waals surface area contributed by atoms with Crippen molar-refractivity contribution in [2.75, 3.05) is 0 Å². The lowest BCUT2D eigenvalue weighted by Gasteiger charge is -2.47. The maximum absolute atomic E-state index is 11.7. The molecule has 4 fully saturated rings. The van der Waals surface area contributed by atoms with Crippen LogP contribution in [-0.2, 0) is 0 Å². The summed E-state index contributed by atoms with van der Waals surface area (Å²) in [7, 11) is 0. The van der Waals surface area contributed by atoms with Crippen LogP contribution in [0.5, 0.6) is 0 Å². The van der Waals surface area contributed by atoms with Crippen LogP contribution in [0.25, 0.3) is 0 Å². The van der Waals surface area contributed by atoms with E-state index in [9.17, 15) is 25.5 Å². The van der Waals surface area contributed by atoms with Crippen LogP contribution in [0.15, 0.2) is 0 Å². The molecule has 5 N–H and O–H groups in total. The summed E-state index contributed by atoms with van der Waals surface area (Å²) < 4.78 is 0. The Morgan fingerprint density at radius 2 is 1.44 bits per heavy atom. The molecule has 5 heteroatoms. The number of rotatable bonds is 0. The van der Waals surface area contributed by atoms with Crippen molar-refractivity contribution in [3.63, 3.8) is 0 Å². The fraction of sp³-hybridized carbons (Fsp3) is 1.00. The zero-order chi connectivity index (χ0) is 18.6. The smallest absolute Gasteiger partial charge is 0.101 e. The van der Waals surface area contributed by atoms with E-state index in [4.69, 9.17) is 0 Å². The third-order valence-electron chi connectivity index (χ3n) is 9.24. The summed E-state index contributed by atoms with van der Waals surface area (Å²) >= 11 is 0. The molecule has 0 aromatic carbocycles. The van der Waals surface area contributed by atoms with Crippen LogP contribution in [0.3, 0.4) is 0 Å². The van der Waals surface area contributed by atoms with E-state index in [-0.39, 0.29) is 23.7 Å². The first kappa shape index (κ1) is 18.2. The fourth-order valence-corrected chi connectivity index (χ4v) is 7.79. The average Bonchev–Trinajstić information content (AvgIpc) is 2.71. The quantitative estimate of drug-likeness (QED) is 0.448. The Labute approximate surface area is 150 Å². The summed E-state index contributed by atoms with van der Waals surface area (Å²) in [6.07, 6.45) is 0.606. The number of fused-ring (bicyclic) bond motifs is 2. The monoisotopic (exact) mass is 354 g/mol. The Hall–Kier alpha value is -0.200. The van der Waals surface area contributed by atoms with Gasteiger partial charge in [0.15, 0.2) is 0 Å². The third-order valence-corrected chi connectivity index (χ3v) is 9.24. The van der Waals surface area contributed by atoms with Gasteiger partial charge in [0.2, 0.25) is 0 Å². The molecule has 4 saturated carbocycles. The summed E-state index contributed by atoms with van der Waals surface area (Å²) in [6, 6.07) is 0. The molecule has 4 aliphatic carbocycles. The maximum atomic E-state index is 11.7. The molecule has 0 aliphatic heterocycles. The predicted octanol–water partition coefficient (Wildman–Crippen LogP) is 1.05. The topological polar surface area (TPSA) is 101 Å². The lowest BCUT2D eigenvalue weighted by Crippen LogP contribution is -2.57. The number of aliphatic hydroxyl groups excluding tert-OH is 3. The lowest BCUT2D eigenvalue weighted by molar-refractivity contribution is -0.178. The molecule has 144 valence electrons. The molecule has 0 aromatic rings. The van der Waals surface area contributed by atoms with Crippen molar-refractivity contribution in [3.05, 3.63) is 0 Å². The molecule has 0 radical (unpaired) electrons. The van der Waals surface area contributed by atoms with E-state index >= 15 is 0 Å². The summed E-state index contributed by atoms with van der Waals surface area (Å²) in [4.78, 5) is 0. The number of aliphatic hydroxyl groups is 5. The van der Waals surface area contributed by atoms with Gasteiger partial charge in [-0.1, -0.05) is 20.8 Å². The molecule has 25 heavy (non-hydrogen) atoms. The molecule has 0 amide bonds. The zero-order valence-electron chi connectivity index (χ0n) is 15.8. The highest BCUT2D eigenvalue weighted by atomic mass is 16.4. The highest BCUT2D eigenvalue weighted by Gasteiger charge is 2.72. The molecule has 2 bridgehead atoms. The molecule has 0 saturated heterocycles. The van der Waals surface area contributed by atoms with Gasteiger partial charge in [-0.15, -0.1) is 0 Å². The minimum Gasteiger partial charge on any atom is -0.392 e. The predicted molar refractivity (Wildman–Crippen MR) is 92.5 cm³/mol. The van der Waals surface area contributed by atoms with Gasteiger partial charge in [0, 0.05) is 16.7 Å². The van der Waals surface area contributed by atoms with Gasteiger partial charge >= 0.3 is 0 Å². The van der Waals surface area contributed by atoms with Gasteiger partial charge in [-0.25, -0.2) is 0 Å². The van der Waals surface area contributed by atoms with Crippen molar-refractivity contribution in [1.29, 1.82) is 0 Å². The van der Waals surface area contributed by atoms with Crippen molar-refractivity contribution in [2.24, 2.45) is 34.5 Å². The number of hydrogen-bond donors (Lipinski definition) is 5. The van der Waals surface area contributed by atoms with Crippen LogP contribution in [0, 0.1) is 34.5 Å². The minimum atomic E-state index is -1.37. The van der Waals surface area contributed by atoms with E-state index < -0.39 is 40.3 Å². The largest absolute Gasteiger partial charge is 0.392 e. The Bertz CT molecular complexity index is 574. The minimum absolute atomic E-state index is 0.0723. The second kappa shape index (κ2) is 4.99. The zero-order valence-corrected chi connectivity index (χ0v) is 15.8. The average molecular weight is 354 g/mol. The van der Waals surface area contributed by atoms with Crippen LogP contribution in [-0.4, -0.2) is 55.0 Å². The van der Waals surface area contributed by atoms with Crippen molar-refractivity contribution in [3.8, 4) is 0 Å². The highest BCUT2D eigenvalue weighted by molar-refractivity contribution is 5.22. The highest BCUT2D eigenvalue weighted by Crippen LogP contribution is 2.68. The normalized spacial score (nSPS) is 63.0. The van der Waals surface area contributed by atoms with Gasteiger partial charge in [0.25, 0.3) is 0 Å². The number of hydrogen-bond acceptors (Lipinski definition) is 5. The lowest BCUT2D eigenvalue weighted by atomic mass is 9.59. The third kappa shape index (κ3) is 1.92. The van der Waals surface area contributed by atoms with E-state index in [1.165, 1.54) is 0 Å². The van der Waals surface area contributed by atoms with Gasteiger partial charge in [-0.05, 0) is 56.8 Å². The van der Waals surface area contributed by atoms with Gasteiger partial charge < -0.3 is 25.5 Å². The van der Waals surface area contributed by atoms with Gasteiger partial charge in [-0.3, -0.25) is 0 Å². The molecule has 1 spiro atoms. The Morgan fingerprint density at radius 3 is 2.08 bits per heavy atom. The molecule has 0 heterocycles. The summed E-state index contributed by atoms with van der Waals surface area (Å²) in [5.74, 6) is -0.147. The van der Waals surface area contributed by atoms with Crippen LogP contribution >= 0.6 is 0 Å². The summed E-state index contributed by atoms with van der Waals surface area (Å²) in [5.41, 5.74) is -3.65. The summed E-state index contributed by atoms with van der Waals surface area (Å²) in [6.45, 7) is 7.59. The molecule has 4 aliphatic rings. The Morgan fingerprint density at radius 1 is 0.840 bits per heavy atom. The van der Waals surface area contributed by atoms with Crippen molar-refractivity contribution in [1.82, 2.24) is 0 Å². The molecule has 10 atom stereocenters. The SMILES string of the molecule is C[C@H]1[C@H]2C[C@H](O)C(C)(C)[C@]2(O)[C@@H](O)C[C@]23C[C@@](C)(O)[C@H](CC[C@@H]12)[C@@H]3O. The molecular weight excluding hydrogens is 320 g/mol. The molecule has 4 rings (SSSR count). The standard InChI is InChI=1S/C20H34O5/c1-10-11-5-6-12-16(23)19(11,9-18(12,4)24)8-15(22)20(25)13(10)7-14(21)17(20,2)3/h10-16,21-25H,5-9H2,1-4H3/t10-,11+,12-,13-,14+,15+,16+,18-,19+,20-/m1/s1. The van der Waals surface area contributed by atoms with E-state index in [1.807, 2.05) is 20.8 Å². The van der Waals surface area contributed by atoms with Crippen molar-refractivity contribution >= 4 is 0 Å². The van der Waals surface area contributed by atoms with Crippen molar-refractivity contribution in [2.45, 2.75) is 89.3 Å². The van der Waals surface area contributed by atoms with E-state index in [2.05, 4.69) is 6.92 Å². The van der Waals surface area contributed by atoms with Gasteiger partial charge in [0.05, 0.1) is 23.9 Å². The summed E-state index contributed by atoms with van der Waals surface area (Å²) in [5, 5.41) is 55.4. The second-order valence-corrected chi connectivity index (χ2v) is 10.5. The van der Waals surface area contributed by atoms with Gasteiger partial charge in [-0.2, -0.15) is 0 Å². The molecular formula is C20H34O5. The van der Waals surface area contributed by atoms with E-state index in [0.717, 1.165) is 12.8 Å². The van der Waals surface area contributed by atoms with E-state index in [0.29, 0.717) is 19.3 Å². The van der Waals surface area contributed by atoms with Gasteiger partial charge in [0.1, 0.15) is 5.60 Å². The Balaban J connectivity index is 1.83. The first-order chi connectivity index (χ1) is 11.4. The van der Waals surface area contributed by atoms with Crippen molar-refractivity contribution < 1.29 is 25.5 Å². The van der Waals surface area contributed by atoms with E-state index in [1.54, 1.807) is 0 Å². The van der Waals surface area contributed by atoms with Crippen LogP contribution in [0.2, 0.25) is 0 Å². The fourth-order valence-electron chi connectivity index (χ4n) is 7.79. The molecule has 0 aromatic heterocycles. The van der Waals surface area contributed by atoms with Crippen LogP contribution in [0.4, 0.5) is 0 Å². The van der Waals surface area contributed by atoms with Crippen LogP contribution in [0.1, 0.15) is 59.8 Å². The first-order valence-electron chi connectivity index (χ1n) is 9.88. The van der Waals surface area contributed by atoms with Crippen LogP contribution < -0.4 is 0 Å². The molecule has 0 unspecified atom stereocenters. The maximum Gasteiger partial charge on any atom is 0.101 e. The molecule has 5 nitrogen and oxygen atoms in total.